The molecule has 0 atom stereocenters. The molecule has 2 aromatic rings. The van der Waals surface area contributed by atoms with Gasteiger partial charge in [-0.1, -0.05) is 17.7 Å². The van der Waals surface area contributed by atoms with Crippen LogP contribution in [0.3, 0.4) is 0 Å². The normalized spacial score (nSPS) is 14.7. The predicted octanol–water partition coefficient (Wildman–Crippen LogP) is 4.72. The van der Waals surface area contributed by atoms with E-state index in [0.29, 0.717) is 5.69 Å². The number of sulfone groups is 1. The predicted molar refractivity (Wildman–Crippen MR) is 99.9 cm³/mol. The Balaban J connectivity index is 1.83. The third kappa shape index (κ3) is 4.67. The Morgan fingerprint density at radius 2 is 1.89 bits per heavy atom. The van der Waals surface area contributed by atoms with Crippen molar-refractivity contribution >= 4 is 21.6 Å². The highest BCUT2D eigenvalue weighted by Crippen LogP contribution is 2.43. The van der Waals surface area contributed by atoms with Crippen LogP contribution in [0, 0.1) is 18.3 Å². The van der Waals surface area contributed by atoms with Gasteiger partial charge in [0.15, 0.2) is 9.84 Å². The van der Waals surface area contributed by atoms with Crippen molar-refractivity contribution in [3.63, 3.8) is 0 Å². The summed E-state index contributed by atoms with van der Waals surface area (Å²) in [5.41, 5.74) is -0.312. The molecule has 1 fully saturated rings. The first-order valence-corrected chi connectivity index (χ1v) is 11.2. The highest BCUT2D eigenvalue weighted by molar-refractivity contribution is 8.00. The van der Waals surface area contributed by atoms with Crippen molar-refractivity contribution in [1.82, 2.24) is 4.98 Å². The van der Waals surface area contributed by atoms with Gasteiger partial charge in [0.05, 0.1) is 21.8 Å². The molecule has 1 aliphatic rings. The molecule has 1 aromatic carbocycles. The first kappa shape index (κ1) is 20.7. The van der Waals surface area contributed by atoms with Crippen molar-refractivity contribution in [2.45, 2.75) is 41.8 Å². The lowest BCUT2D eigenvalue weighted by Gasteiger charge is -2.14. The highest BCUT2D eigenvalue weighted by atomic mass is 32.2. The SMILES string of the molecule is Cc1ccc(S(=O)(=O)CCSc2nc(C3CC3)cc(C(F)(F)F)c2C#N)cc1. The zero-order valence-electron chi connectivity index (χ0n) is 15.0. The van der Waals surface area contributed by atoms with Gasteiger partial charge in [-0.2, -0.15) is 18.4 Å². The van der Waals surface area contributed by atoms with Gasteiger partial charge in [0, 0.05) is 17.4 Å². The van der Waals surface area contributed by atoms with E-state index in [1.54, 1.807) is 18.2 Å². The number of aryl methyl sites for hydroxylation is 1. The quantitative estimate of drug-likeness (QED) is 0.625. The van der Waals surface area contributed by atoms with Crippen molar-refractivity contribution < 1.29 is 21.6 Å². The molecular formula is C19H17F3N2O2S2. The van der Waals surface area contributed by atoms with Crippen LogP contribution in [-0.4, -0.2) is 24.9 Å². The second kappa shape index (κ2) is 7.76. The summed E-state index contributed by atoms with van der Waals surface area (Å²) >= 11 is 0.873. The summed E-state index contributed by atoms with van der Waals surface area (Å²) in [6, 6.07) is 8.91. The summed E-state index contributed by atoms with van der Waals surface area (Å²) < 4.78 is 64.9. The fraction of sp³-hybridized carbons (Fsp3) is 0.368. The highest BCUT2D eigenvalue weighted by Gasteiger charge is 2.38. The molecule has 0 saturated heterocycles. The van der Waals surface area contributed by atoms with Gasteiger partial charge in [0.25, 0.3) is 0 Å². The molecule has 0 bridgehead atoms. The van der Waals surface area contributed by atoms with Crippen LogP contribution >= 0.6 is 11.8 Å². The maximum absolute atomic E-state index is 13.4. The van der Waals surface area contributed by atoms with E-state index >= 15 is 0 Å². The lowest BCUT2D eigenvalue weighted by Crippen LogP contribution is -2.12. The Morgan fingerprint density at radius 1 is 1.25 bits per heavy atom. The topological polar surface area (TPSA) is 70.8 Å². The molecule has 9 heteroatoms. The fourth-order valence-electron chi connectivity index (χ4n) is 2.68. The Morgan fingerprint density at radius 3 is 2.43 bits per heavy atom. The number of hydrogen-bond acceptors (Lipinski definition) is 5. The zero-order valence-corrected chi connectivity index (χ0v) is 16.6. The van der Waals surface area contributed by atoms with Gasteiger partial charge in [-0.3, -0.25) is 0 Å². The molecule has 1 saturated carbocycles. The lowest BCUT2D eigenvalue weighted by atomic mass is 10.1. The second-order valence-electron chi connectivity index (χ2n) is 6.64. The van der Waals surface area contributed by atoms with Gasteiger partial charge in [0.2, 0.25) is 0 Å². The molecule has 148 valence electrons. The number of hydrogen-bond donors (Lipinski definition) is 0. The van der Waals surface area contributed by atoms with Crippen LogP contribution in [0.25, 0.3) is 0 Å². The van der Waals surface area contributed by atoms with Crippen LogP contribution in [0.5, 0.6) is 0 Å². The Kier molecular flexibility index (Phi) is 5.73. The molecule has 0 unspecified atom stereocenters. The van der Waals surface area contributed by atoms with Crippen molar-refractivity contribution in [2.24, 2.45) is 0 Å². The van der Waals surface area contributed by atoms with Gasteiger partial charge < -0.3 is 0 Å². The molecule has 1 heterocycles. The molecule has 0 amide bonds. The Bertz CT molecular complexity index is 1020. The van der Waals surface area contributed by atoms with E-state index < -0.39 is 27.1 Å². The number of nitriles is 1. The summed E-state index contributed by atoms with van der Waals surface area (Å²) in [5.74, 6) is -0.282. The third-order valence-corrected chi connectivity index (χ3v) is 7.36. The molecule has 0 spiro atoms. The zero-order chi connectivity index (χ0) is 20.5. The average Bonchev–Trinajstić information content (AvgIpc) is 3.45. The minimum absolute atomic E-state index is 0.00328. The monoisotopic (exact) mass is 426 g/mol. The van der Waals surface area contributed by atoms with E-state index in [9.17, 15) is 26.9 Å². The van der Waals surface area contributed by atoms with Crippen molar-refractivity contribution in [2.75, 3.05) is 11.5 Å². The maximum Gasteiger partial charge on any atom is 0.417 e. The van der Waals surface area contributed by atoms with Crippen LogP contribution < -0.4 is 0 Å². The van der Waals surface area contributed by atoms with Crippen molar-refractivity contribution in [3.8, 4) is 6.07 Å². The minimum atomic E-state index is -4.67. The minimum Gasteiger partial charge on any atom is -0.245 e. The first-order valence-electron chi connectivity index (χ1n) is 8.56. The molecule has 0 N–H and O–H groups in total. The van der Waals surface area contributed by atoms with E-state index in [4.69, 9.17) is 0 Å². The molecule has 28 heavy (non-hydrogen) atoms. The first-order chi connectivity index (χ1) is 13.1. The van der Waals surface area contributed by atoms with Crippen molar-refractivity contribution in [1.29, 1.82) is 5.26 Å². The number of pyridine rings is 1. The number of rotatable bonds is 6. The summed E-state index contributed by atoms with van der Waals surface area (Å²) in [5, 5.41) is 9.19. The van der Waals surface area contributed by atoms with Crippen LogP contribution in [0.15, 0.2) is 40.3 Å². The van der Waals surface area contributed by atoms with E-state index in [1.807, 2.05) is 6.92 Å². The maximum atomic E-state index is 13.4. The van der Waals surface area contributed by atoms with Crippen molar-refractivity contribution in [3.05, 3.63) is 52.7 Å². The van der Waals surface area contributed by atoms with E-state index in [1.165, 1.54) is 12.1 Å². The Labute approximate surface area is 165 Å². The van der Waals surface area contributed by atoms with Crippen LogP contribution in [0.2, 0.25) is 0 Å². The van der Waals surface area contributed by atoms with E-state index in [-0.39, 0.29) is 27.3 Å². The Hall–Kier alpha value is -2.05. The van der Waals surface area contributed by atoms with Gasteiger partial charge in [-0.25, -0.2) is 13.4 Å². The van der Waals surface area contributed by atoms with Gasteiger partial charge in [-0.05, 0) is 38.0 Å². The smallest absolute Gasteiger partial charge is 0.245 e. The van der Waals surface area contributed by atoms with Gasteiger partial charge >= 0.3 is 6.18 Å². The third-order valence-electron chi connectivity index (χ3n) is 4.39. The van der Waals surface area contributed by atoms with Crippen LogP contribution in [0.1, 0.15) is 41.1 Å². The van der Waals surface area contributed by atoms with Crippen LogP contribution in [0.4, 0.5) is 13.2 Å². The lowest BCUT2D eigenvalue weighted by molar-refractivity contribution is -0.138. The molecular weight excluding hydrogens is 409 g/mol. The standard InChI is InChI=1S/C19H17F3N2O2S2/c1-12-2-6-14(7-3-12)28(25,26)9-8-27-18-15(11-23)16(19(20,21)22)10-17(24-18)13-4-5-13/h2-3,6-7,10,13H,4-5,8-9H2,1H3. The number of aromatic nitrogens is 1. The number of thioether (sulfide) groups is 1. The summed E-state index contributed by atoms with van der Waals surface area (Å²) in [7, 11) is -3.57. The van der Waals surface area contributed by atoms with Gasteiger partial charge in [-0.15, -0.1) is 11.8 Å². The van der Waals surface area contributed by atoms with E-state index in [0.717, 1.165) is 36.2 Å². The summed E-state index contributed by atoms with van der Waals surface area (Å²) in [4.78, 5) is 4.39. The molecule has 0 aliphatic heterocycles. The summed E-state index contributed by atoms with van der Waals surface area (Å²) in [6.45, 7) is 1.84. The average molecular weight is 426 g/mol. The number of alkyl halides is 3. The summed E-state index contributed by atoms with van der Waals surface area (Å²) in [6.07, 6.45) is -3.13. The number of benzene rings is 1. The largest absolute Gasteiger partial charge is 0.417 e. The van der Waals surface area contributed by atoms with Crippen LogP contribution in [-0.2, 0) is 16.0 Å². The number of nitrogens with zero attached hydrogens (tertiary/aromatic N) is 2. The van der Waals surface area contributed by atoms with E-state index in [2.05, 4.69) is 4.98 Å². The molecule has 4 nitrogen and oxygen atoms in total. The number of halogens is 3. The second-order valence-corrected chi connectivity index (χ2v) is 9.83. The fourth-order valence-corrected chi connectivity index (χ4v) is 5.34. The van der Waals surface area contributed by atoms with Gasteiger partial charge in [0.1, 0.15) is 11.1 Å². The molecule has 1 aliphatic carbocycles. The molecule has 3 rings (SSSR count). The molecule has 0 radical (unpaired) electrons. The molecule has 1 aromatic heterocycles.